The van der Waals surface area contributed by atoms with Crippen molar-refractivity contribution < 1.29 is 17.6 Å². The summed E-state index contributed by atoms with van der Waals surface area (Å²) in [6, 6.07) is 10.9. The van der Waals surface area contributed by atoms with Gasteiger partial charge in [0, 0.05) is 25.2 Å². The van der Waals surface area contributed by atoms with E-state index in [9.17, 15) is 17.6 Å². The van der Waals surface area contributed by atoms with E-state index in [2.05, 4.69) is 13.8 Å². The molecule has 2 aliphatic heterocycles. The van der Waals surface area contributed by atoms with Crippen molar-refractivity contribution in [3.63, 3.8) is 0 Å². The van der Waals surface area contributed by atoms with E-state index in [1.165, 1.54) is 35.2 Å². The van der Waals surface area contributed by atoms with E-state index < -0.39 is 15.8 Å². The fourth-order valence-corrected chi connectivity index (χ4v) is 6.36. The molecule has 7 heteroatoms. The van der Waals surface area contributed by atoms with Crippen LogP contribution in [0, 0.1) is 17.7 Å². The first-order valence-electron chi connectivity index (χ1n) is 10.5. The number of sulfonamides is 1. The first kappa shape index (κ1) is 21.0. The van der Waals surface area contributed by atoms with Gasteiger partial charge in [0.05, 0.1) is 10.6 Å². The number of halogens is 1. The molecular weight excluding hydrogens is 403 g/mol. The number of benzene rings is 2. The Hall–Kier alpha value is -2.25. The molecule has 2 aliphatic rings. The zero-order chi connectivity index (χ0) is 21.5. The molecule has 30 heavy (non-hydrogen) atoms. The van der Waals surface area contributed by atoms with Crippen LogP contribution in [0.4, 0.5) is 10.1 Å². The zero-order valence-electron chi connectivity index (χ0n) is 17.3. The number of fused-ring (bicyclic) bond motifs is 1. The molecule has 2 atom stereocenters. The van der Waals surface area contributed by atoms with Crippen LogP contribution in [0.15, 0.2) is 47.4 Å². The fraction of sp³-hybridized carbons (Fsp3) is 0.435. The normalized spacial score (nSPS) is 22.6. The molecule has 160 valence electrons. The van der Waals surface area contributed by atoms with Gasteiger partial charge in [-0.05, 0) is 67.0 Å². The lowest BCUT2D eigenvalue weighted by Crippen LogP contribution is -2.42. The molecule has 4 rings (SSSR count). The van der Waals surface area contributed by atoms with Crippen LogP contribution in [0.3, 0.4) is 0 Å². The number of aryl methyl sites for hydroxylation is 1. The van der Waals surface area contributed by atoms with E-state index in [1.54, 1.807) is 10.4 Å². The maximum absolute atomic E-state index is 14.4. The predicted molar refractivity (Wildman–Crippen MR) is 115 cm³/mol. The summed E-state index contributed by atoms with van der Waals surface area (Å²) >= 11 is 0. The summed E-state index contributed by atoms with van der Waals surface area (Å²) < 4.78 is 42.0. The Bertz CT molecular complexity index is 1040. The number of carbonyl (C=O) groups excluding carboxylic acids is 1. The highest BCUT2D eigenvalue weighted by atomic mass is 32.2. The van der Waals surface area contributed by atoms with Crippen molar-refractivity contribution in [1.29, 1.82) is 0 Å². The molecule has 2 heterocycles. The standard InChI is InChI=1S/C23H27FN2O3S/c1-16-13-17(2)15-25(14-16)30(28,29)20-10-8-19(9-11-20)23(27)26-12-4-6-18-5-3-7-21(24)22(18)26/h3,5,7-11,16-17H,4,6,12-15H2,1-2H3. The topological polar surface area (TPSA) is 57.7 Å². The number of anilines is 1. The van der Waals surface area contributed by atoms with Crippen molar-refractivity contribution in [3.8, 4) is 0 Å². The first-order chi connectivity index (χ1) is 14.3. The summed E-state index contributed by atoms with van der Waals surface area (Å²) in [4.78, 5) is 14.7. The number of piperidine rings is 1. The highest BCUT2D eigenvalue weighted by Gasteiger charge is 2.32. The van der Waals surface area contributed by atoms with Crippen LogP contribution in [0.1, 0.15) is 42.6 Å². The molecule has 0 aliphatic carbocycles. The number of rotatable bonds is 3. The Balaban J connectivity index is 1.58. The number of hydrogen-bond acceptors (Lipinski definition) is 3. The van der Waals surface area contributed by atoms with Crippen LogP contribution in [-0.4, -0.2) is 38.3 Å². The quantitative estimate of drug-likeness (QED) is 0.737. The van der Waals surface area contributed by atoms with Gasteiger partial charge < -0.3 is 4.90 Å². The molecule has 0 bridgehead atoms. The van der Waals surface area contributed by atoms with Crippen molar-refractivity contribution in [2.75, 3.05) is 24.5 Å². The largest absolute Gasteiger partial charge is 0.305 e. The number of nitrogens with zero attached hydrogens (tertiary/aromatic N) is 2. The zero-order valence-corrected chi connectivity index (χ0v) is 18.2. The van der Waals surface area contributed by atoms with E-state index in [1.807, 2.05) is 6.07 Å². The number of carbonyl (C=O) groups is 1. The molecule has 0 saturated carbocycles. The summed E-state index contributed by atoms with van der Waals surface area (Å²) in [6.07, 6.45) is 2.52. The van der Waals surface area contributed by atoms with E-state index in [0.717, 1.165) is 24.8 Å². The van der Waals surface area contributed by atoms with E-state index in [-0.39, 0.29) is 10.8 Å². The van der Waals surface area contributed by atoms with Crippen molar-refractivity contribution >= 4 is 21.6 Å². The van der Waals surface area contributed by atoms with Crippen LogP contribution in [0.25, 0.3) is 0 Å². The van der Waals surface area contributed by atoms with Gasteiger partial charge in [0.2, 0.25) is 10.0 Å². The minimum absolute atomic E-state index is 0.186. The SMILES string of the molecule is CC1CC(C)CN(S(=O)(=O)c2ccc(C(=O)N3CCCc4cccc(F)c43)cc2)C1. The lowest BCUT2D eigenvalue weighted by atomic mass is 9.94. The molecule has 0 aromatic heterocycles. The second kappa shape index (κ2) is 8.12. The Kier molecular flexibility index (Phi) is 5.68. The average Bonchev–Trinajstić information content (AvgIpc) is 2.72. The highest BCUT2D eigenvalue weighted by molar-refractivity contribution is 7.89. The maximum Gasteiger partial charge on any atom is 0.258 e. The molecule has 2 unspecified atom stereocenters. The molecular formula is C23H27FN2O3S. The van der Waals surface area contributed by atoms with Crippen LogP contribution < -0.4 is 4.90 Å². The van der Waals surface area contributed by atoms with Gasteiger partial charge in [-0.1, -0.05) is 26.0 Å². The van der Waals surface area contributed by atoms with Crippen molar-refractivity contribution in [3.05, 3.63) is 59.4 Å². The van der Waals surface area contributed by atoms with Gasteiger partial charge in [-0.25, -0.2) is 12.8 Å². The summed E-state index contributed by atoms with van der Waals surface area (Å²) in [5.74, 6) is -0.0878. The number of hydrogen-bond donors (Lipinski definition) is 0. The van der Waals surface area contributed by atoms with Gasteiger partial charge in [0.1, 0.15) is 5.82 Å². The third kappa shape index (κ3) is 3.88. The molecule has 0 N–H and O–H groups in total. The smallest absolute Gasteiger partial charge is 0.258 e. The van der Waals surface area contributed by atoms with Crippen molar-refractivity contribution in [1.82, 2.24) is 4.31 Å². The lowest BCUT2D eigenvalue weighted by molar-refractivity contribution is 0.0984. The van der Waals surface area contributed by atoms with Gasteiger partial charge in [-0.3, -0.25) is 4.79 Å². The van der Waals surface area contributed by atoms with Crippen molar-refractivity contribution in [2.45, 2.75) is 38.0 Å². The van der Waals surface area contributed by atoms with Gasteiger partial charge >= 0.3 is 0 Å². The van der Waals surface area contributed by atoms with Crippen molar-refractivity contribution in [2.24, 2.45) is 11.8 Å². The lowest BCUT2D eigenvalue weighted by Gasteiger charge is -2.34. The minimum Gasteiger partial charge on any atom is -0.305 e. The maximum atomic E-state index is 14.4. The van der Waals surface area contributed by atoms with Gasteiger partial charge in [-0.2, -0.15) is 4.31 Å². The Morgan fingerprint density at radius 2 is 1.70 bits per heavy atom. The molecule has 0 spiro atoms. The van der Waals surface area contributed by atoms with Gasteiger partial charge in [-0.15, -0.1) is 0 Å². The second-order valence-corrected chi connectivity index (χ2v) is 10.5. The Morgan fingerprint density at radius 1 is 1.03 bits per heavy atom. The summed E-state index contributed by atoms with van der Waals surface area (Å²) in [5.41, 5.74) is 1.51. The van der Waals surface area contributed by atoms with Gasteiger partial charge in [0.15, 0.2) is 0 Å². The average molecular weight is 431 g/mol. The highest BCUT2D eigenvalue weighted by Crippen LogP contribution is 2.32. The van der Waals surface area contributed by atoms with E-state index in [0.29, 0.717) is 42.7 Å². The van der Waals surface area contributed by atoms with Crippen LogP contribution in [0.2, 0.25) is 0 Å². The van der Waals surface area contributed by atoms with E-state index in [4.69, 9.17) is 0 Å². The summed E-state index contributed by atoms with van der Waals surface area (Å²) in [6.45, 7) is 5.59. The first-order valence-corrected chi connectivity index (χ1v) is 11.9. The molecule has 2 aromatic carbocycles. The molecule has 1 amide bonds. The third-order valence-electron chi connectivity index (χ3n) is 5.99. The molecule has 2 aromatic rings. The third-order valence-corrected chi connectivity index (χ3v) is 7.83. The van der Waals surface area contributed by atoms with Crippen LogP contribution >= 0.6 is 0 Å². The Morgan fingerprint density at radius 3 is 2.37 bits per heavy atom. The van der Waals surface area contributed by atoms with E-state index >= 15 is 0 Å². The predicted octanol–water partition coefficient (Wildman–Crippen LogP) is 4.09. The van der Waals surface area contributed by atoms with Crippen LogP contribution in [-0.2, 0) is 16.4 Å². The molecule has 0 radical (unpaired) electrons. The Labute approximate surface area is 177 Å². The number of para-hydroxylation sites is 1. The molecule has 5 nitrogen and oxygen atoms in total. The fourth-order valence-electron chi connectivity index (χ4n) is 4.68. The van der Waals surface area contributed by atoms with Gasteiger partial charge in [0.25, 0.3) is 5.91 Å². The molecule has 1 saturated heterocycles. The minimum atomic E-state index is -3.60. The summed E-state index contributed by atoms with van der Waals surface area (Å²) in [5, 5.41) is 0. The number of amides is 1. The monoisotopic (exact) mass is 430 g/mol. The van der Waals surface area contributed by atoms with Crippen LogP contribution in [0.5, 0.6) is 0 Å². The summed E-state index contributed by atoms with van der Waals surface area (Å²) in [7, 11) is -3.60. The molecule has 1 fully saturated rings. The second-order valence-electron chi connectivity index (χ2n) is 8.60.